The molecule has 0 heterocycles. The molecule has 1 unspecified atom stereocenters. The van der Waals surface area contributed by atoms with Gasteiger partial charge in [0.25, 0.3) is 0 Å². The zero-order valence-electron chi connectivity index (χ0n) is 8.33. The van der Waals surface area contributed by atoms with Gasteiger partial charge in [0.05, 0.1) is 11.2 Å². The lowest BCUT2D eigenvalue weighted by atomic mass is 9.82. The van der Waals surface area contributed by atoms with E-state index in [0.29, 0.717) is 12.8 Å². The van der Waals surface area contributed by atoms with Gasteiger partial charge in [0.2, 0.25) is 0 Å². The van der Waals surface area contributed by atoms with E-state index in [-0.39, 0.29) is 0 Å². The van der Waals surface area contributed by atoms with Crippen molar-refractivity contribution in [1.82, 2.24) is 0 Å². The van der Waals surface area contributed by atoms with Crippen LogP contribution in [0.15, 0.2) is 0 Å². The van der Waals surface area contributed by atoms with E-state index in [0.717, 1.165) is 0 Å². The minimum atomic E-state index is -1.25. The summed E-state index contributed by atoms with van der Waals surface area (Å²) in [5.41, 5.74) is -2.42. The van der Waals surface area contributed by atoms with Crippen LogP contribution in [-0.2, 0) is 0 Å². The van der Waals surface area contributed by atoms with Gasteiger partial charge in [-0.3, -0.25) is 0 Å². The molecule has 0 aromatic heterocycles. The molecule has 3 N–H and O–H groups in total. The largest absolute Gasteiger partial charge is 0.388 e. The first-order valence-electron chi connectivity index (χ1n) is 4.40. The molecule has 74 valence electrons. The number of hydrogen-bond donors (Lipinski definition) is 3. The van der Waals surface area contributed by atoms with E-state index in [9.17, 15) is 15.3 Å². The van der Waals surface area contributed by atoms with Gasteiger partial charge in [-0.15, -0.1) is 0 Å². The Morgan fingerprint density at radius 1 is 1.08 bits per heavy atom. The van der Waals surface area contributed by atoms with E-state index in [2.05, 4.69) is 0 Å². The summed E-state index contributed by atoms with van der Waals surface area (Å²) in [7, 11) is 0. The van der Waals surface area contributed by atoms with Crippen LogP contribution in [-0.4, -0.2) is 32.6 Å². The summed E-state index contributed by atoms with van der Waals surface area (Å²) < 4.78 is 0. The fourth-order valence-electron chi connectivity index (χ4n) is 1.29. The quantitative estimate of drug-likeness (QED) is 0.590. The molecule has 0 saturated carbocycles. The standard InChI is InChI=1S/C9H20O3/c1-5-9(12,6-2)7(10)8(3,4)11/h7,10-12H,5-6H2,1-4H3. The third-order valence-electron chi connectivity index (χ3n) is 2.40. The van der Waals surface area contributed by atoms with Crippen LogP contribution >= 0.6 is 0 Å². The minimum Gasteiger partial charge on any atom is -0.388 e. The molecule has 0 bridgehead atoms. The first-order valence-corrected chi connectivity index (χ1v) is 4.40. The van der Waals surface area contributed by atoms with Gasteiger partial charge in [-0.05, 0) is 26.7 Å². The van der Waals surface area contributed by atoms with E-state index in [1.807, 2.05) is 0 Å². The summed E-state index contributed by atoms with van der Waals surface area (Å²) in [6.07, 6.45) is -0.219. The fraction of sp³-hybridized carbons (Fsp3) is 1.00. The molecule has 0 amide bonds. The van der Waals surface area contributed by atoms with Gasteiger partial charge in [-0.25, -0.2) is 0 Å². The molecule has 0 aromatic carbocycles. The molecule has 12 heavy (non-hydrogen) atoms. The van der Waals surface area contributed by atoms with Gasteiger partial charge in [0, 0.05) is 0 Å². The number of hydrogen-bond acceptors (Lipinski definition) is 3. The zero-order valence-corrected chi connectivity index (χ0v) is 8.33. The lowest BCUT2D eigenvalue weighted by Crippen LogP contribution is -2.53. The number of aliphatic hydroxyl groups is 3. The predicted octanol–water partition coefficient (Wildman–Crippen LogP) is 0.669. The maximum atomic E-state index is 9.82. The average molecular weight is 176 g/mol. The third-order valence-corrected chi connectivity index (χ3v) is 2.40. The van der Waals surface area contributed by atoms with Gasteiger partial charge >= 0.3 is 0 Å². The second-order valence-electron chi connectivity index (χ2n) is 3.87. The van der Waals surface area contributed by atoms with E-state index in [4.69, 9.17) is 0 Å². The molecule has 1 atom stereocenters. The van der Waals surface area contributed by atoms with E-state index < -0.39 is 17.3 Å². The summed E-state index contributed by atoms with van der Waals surface area (Å²) in [6.45, 7) is 6.57. The first-order chi connectivity index (χ1) is 5.28. The normalized spacial score (nSPS) is 16.2. The Morgan fingerprint density at radius 3 is 1.50 bits per heavy atom. The Labute approximate surface area is 74.0 Å². The topological polar surface area (TPSA) is 60.7 Å². The Morgan fingerprint density at radius 2 is 1.42 bits per heavy atom. The van der Waals surface area contributed by atoms with Crippen molar-refractivity contribution in [2.75, 3.05) is 0 Å². The molecule has 0 radical (unpaired) electrons. The van der Waals surface area contributed by atoms with Crippen molar-refractivity contribution < 1.29 is 15.3 Å². The molecule has 0 aromatic rings. The summed E-state index contributed by atoms with van der Waals surface area (Å²) in [5, 5.41) is 28.9. The first kappa shape index (κ1) is 11.9. The monoisotopic (exact) mass is 176 g/mol. The van der Waals surface area contributed by atoms with Gasteiger partial charge in [0.15, 0.2) is 0 Å². The average Bonchev–Trinajstić information content (AvgIpc) is 2.00. The van der Waals surface area contributed by atoms with Crippen LogP contribution in [0.5, 0.6) is 0 Å². The predicted molar refractivity (Wildman–Crippen MR) is 47.8 cm³/mol. The van der Waals surface area contributed by atoms with Crippen molar-refractivity contribution in [3.05, 3.63) is 0 Å². The molecule has 0 rings (SSSR count). The summed E-state index contributed by atoms with van der Waals surface area (Å²) in [5.74, 6) is 0. The van der Waals surface area contributed by atoms with Crippen LogP contribution in [0, 0.1) is 0 Å². The SMILES string of the molecule is CCC(O)(CC)C(O)C(C)(C)O. The van der Waals surface area contributed by atoms with Gasteiger partial charge in [-0.1, -0.05) is 13.8 Å². The van der Waals surface area contributed by atoms with E-state index in [1.165, 1.54) is 13.8 Å². The van der Waals surface area contributed by atoms with Crippen LogP contribution in [0.4, 0.5) is 0 Å². The highest BCUT2D eigenvalue weighted by molar-refractivity contribution is 4.93. The molecular formula is C9H20O3. The maximum absolute atomic E-state index is 9.82. The van der Waals surface area contributed by atoms with Crippen LogP contribution in [0.1, 0.15) is 40.5 Å². The smallest absolute Gasteiger partial charge is 0.111 e. The summed E-state index contributed by atoms with van der Waals surface area (Å²) >= 11 is 0. The highest BCUT2D eigenvalue weighted by atomic mass is 16.4. The lowest BCUT2D eigenvalue weighted by molar-refractivity contribution is -0.161. The molecule has 0 aliphatic carbocycles. The highest BCUT2D eigenvalue weighted by Gasteiger charge is 2.41. The second-order valence-corrected chi connectivity index (χ2v) is 3.87. The van der Waals surface area contributed by atoms with Crippen LogP contribution in [0.2, 0.25) is 0 Å². The highest BCUT2D eigenvalue weighted by Crippen LogP contribution is 2.26. The van der Waals surface area contributed by atoms with Crippen molar-refractivity contribution >= 4 is 0 Å². The Hall–Kier alpha value is -0.120. The lowest BCUT2D eigenvalue weighted by Gasteiger charge is -2.37. The Bertz CT molecular complexity index is 133. The molecule has 0 saturated heterocycles. The van der Waals surface area contributed by atoms with Gasteiger partial charge in [0.1, 0.15) is 6.10 Å². The van der Waals surface area contributed by atoms with Crippen molar-refractivity contribution in [3.63, 3.8) is 0 Å². The van der Waals surface area contributed by atoms with Crippen molar-refractivity contribution in [2.24, 2.45) is 0 Å². The molecule has 0 fully saturated rings. The maximum Gasteiger partial charge on any atom is 0.111 e. The number of aliphatic hydroxyl groups excluding tert-OH is 1. The Balaban J connectivity index is 4.53. The molecule has 3 heteroatoms. The third kappa shape index (κ3) is 2.44. The fourth-order valence-corrected chi connectivity index (χ4v) is 1.29. The van der Waals surface area contributed by atoms with Crippen LogP contribution < -0.4 is 0 Å². The summed E-state index contributed by atoms with van der Waals surface area (Å²) in [6, 6.07) is 0. The Kier molecular flexibility index (Phi) is 3.69. The van der Waals surface area contributed by atoms with Gasteiger partial charge in [-0.2, -0.15) is 0 Å². The van der Waals surface area contributed by atoms with Crippen molar-refractivity contribution in [1.29, 1.82) is 0 Å². The van der Waals surface area contributed by atoms with E-state index in [1.54, 1.807) is 13.8 Å². The second kappa shape index (κ2) is 3.73. The van der Waals surface area contributed by atoms with Crippen LogP contribution in [0.3, 0.4) is 0 Å². The number of rotatable bonds is 4. The molecule has 0 aliphatic heterocycles. The molecular weight excluding hydrogens is 156 g/mol. The molecule has 0 aliphatic rings. The molecule has 3 nitrogen and oxygen atoms in total. The van der Waals surface area contributed by atoms with Crippen molar-refractivity contribution in [3.8, 4) is 0 Å². The summed E-state index contributed by atoms with van der Waals surface area (Å²) in [4.78, 5) is 0. The van der Waals surface area contributed by atoms with Crippen LogP contribution in [0.25, 0.3) is 0 Å². The zero-order chi connectivity index (χ0) is 9.99. The minimum absolute atomic E-state index is 0.439. The molecule has 0 spiro atoms. The van der Waals surface area contributed by atoms with Gasteiger partial charge < -0.3 is 15.3 Å². The van der Waals surface area contributed by atoms with Crippen molar-refractivity contribution in [2.45, 2.75) is 57.8 Å². The van der Waals surface area contributed by atoms with E-state index >= 15 is 0 Å².